The molecule has 1 saturated heterocycles. The van der Waals surface area contributed by atoms with Crippen LogP contribution in [0.25, 0.3) is 10.9 Å². The SMILES string of the molecule is COc1ccc2ncc(CO)c(C(F)CCC3(CC(=O)O)CCN(CCSC4CCCC4)CC3)c2c1. The zero-order valence-corrected chi connectivity index (χ0v) is 22.1. The van der Waals surface area contributed by atoms with Crippen LogP contribution in [0.15, 0.2) is 24.4 Å². The number of carboxylic acids is 1. The summed E-state index contributed by atoms with van der Waals surface area (Å²) in [6.07, 6.45) is 7.95. The number of fused-ring (bicyclic) bond motifs is 1. The first-order chi connectivity index (χ1) is 17.4. The molecule has 2 aromatic rings. The number of ether oxygens (including phenoxy) is 1. The summed E-state index contributed by atoms with van der Waals surface area (Å²) >= 11 is 2.09. The van der Waals surface area contributed by atoms with Crippen molar-refractivity contribution in [3.63, 3.8) is 0 Å². The van der Waals surface area contributed by atoms with Crippen LogP contribution in [0.3, 0.4) is 0 Å². The smallest absolute Gasteiger partial charge is 0.303 e. The van der Waals surface area contributed by atoms with Crippen LogP contribution >= 0.6 is 11.8 Å². The first-order valence-corrected chi connectivity index (χ1v) is 14.2. The van der Waals surface area contributed by atoms with E-state index < -0.39 is 17.6 Å². The van der Waals surface area contributed by atoms with E-state index in [0.717, 1.165) is 43.5 Å². The average Bonchev–Trinajstić information content (AvgIpc) is 3.40. The number of halogens is 1. The second kappa shape index (κ2) is 12.6. The number of aliphatic hydroxyl groups is 1. The first-order valence-electron chi connectivity index (χ1n) is 13.2. The molecule has 1 atom stereocenters. The lowest BCUT2D eigenvalue weighted by Crippen LogP contribution is -2.42. The van der Waals surface area contributed by atoms with Crippen molar-refractivity contribution in [1.29, 1.82) is 0 Å². The van der Waals surface area contributed by atoms with Gasteiger partial charge in [0.1, 0.15) is 11.9 Å². The van der Waals surface area contributed by atoms with Gasteiger partial charge in [0.15, 0.2) is 0 Å². The molecular weight excluding hydrogens is 479 g/mol. The molecule has 198 valence electrons. The van der Waals surface area contributed by atoms with Crippen LogP contribution in [-0.4, -0.2) is 63.8 Å². The number of hydrogen-bond acceptors (Lipinski definition) is 6. The monoisotopic (exact) mass is 518 g/mol. The topological polar surface area (TPSA) is 82.9 Å². The Labute approximate surface area is 217 Å². The summed E-state index contributed by atoms with van der Waals surface area (Å²) in [5.41, 5.74) is 1.15. The van der Waals surface area contributed by atoms with E-state index in [9.17, 15) is 15.0 Å². The standard InChI is InChI=1S/C28H39FN2O4S/c1-35-21-6-7-25-23(16-21)27(20(19-32)18-30-25)24(29)8-9-28(17-26(33)34)10-12-31(13-11-28)14-15-36-22-4-2-3-5-22/h6-7,16,18,22,24,32H,2-5,8-15,17,19H2,1H3,(H,33,34). The molecule has 1 aromatic heterocycles. The Kier molecular flexibility index (Phi) is 9.47. The number of alkyl halides is 1. The van der Waals surface area contributed by atoms with Gasteiger partial charge in [0.2, 0.25) is 0 Å². The van der Waals surface area contributed by atoms with Gasteiger partial charge < -0.3 is 19.8 Å². The summed E-state index contributed by atoms with van der Waals surface area (Å²) in [5.74, 6) is 0.922. The number of rotatable bonds is 12. The number of aliphatic hydroxyl groups excluding tert-OH is 1. The van der Waals surface area contributed by atoms with Gasteiger partial charge in [-0.3, -0.25) is 9.78 Å². The molecule has 2 heterocycles. The number of carbonyl (C=O) groups is 1. The van der Waals surface area contributed by atoms with E-state index in [2.05, 4.69) is 21.6 Å². The lowest BCUT2D eigenvalue weighted by molar-refractivity contribution is -0.141. The van der Waals surface area contributed by atoms with E-state index >= 15 is 4.39 Å². The number of benzene rings is 1. The van der Waals surface area contributed by atoms with Crippen molar-refractivity contribution in [3.05, 3.63) is 35.5 Å². The summed E-state index contributed by atoms with van der Waals surface area (Å²) in [6, 6.07) is 5.34. The zero-order chi connectivity index (χ0) is 25.5. The van der Waals surface area contributed by atoms with Crippen molar-refractivity contribution in [1.82, 2.24) is 9.88 Å². The average molecular weight is 519 g/mol. The highest BCUT2D eigenvalue weighted by Gasteiger charge is 2.37. The molecule has 2 fully saturated rings. The fourth-order valence-electron chi connectivity index (χ4n) is 5.92. The number of piperidine rings is 1. The summed E-state index contributed by atoms with van der Waals surface area (Å²) in [6.45, 7) is 2.48. The van der Waals surface area contributed by atoms with Gasteiger partial charge in [-0.05, 0) is 75.2 Å². The molecule has 6 nitrogen and oxygen atoms in total. The maximum Gasteiger partial charge on any atom is 0.303 e. The van der Waals surface area contributed by atoms with Gasteiger partial charge in [0.05, 0.1) is 25.7 Å². The van der Waals surface area contributed by atoms with E-state index in [0.29, 0.717) is 34.2 Å². The number of hydrogen-bond donors (Lipinski definition) is 2. The molecule has 4 rings (SSSR count). The maximum absolute atomic E-state index is 15.9. The van der Waals surface area contributed by atoms with Crippen LogP contribution < -0.4 is 4.74 Å². The molecule has 1 aromatic carbocycles. The van der Waals surface area contributed by atoms with Crippen molar-refractivity contribution >= 4 is 28.6 Å². The van der Waals surface area contributed by atoms with Crippen molar-refractivity contribution in [2.75, 3.05) is 32.5 Å². The summed E-state index contributed by atoms with van der Waals surface area (Å²) < 4.78 is 21.2. The van der Waals surface area contributed by atoms with E-state index in [1.54, 1.807) is 25.3 Å². The highest BCUT2D eigenvalue weighted by atomic mass is 32.2. The highest BCUT2D eigenvalue weighted by molar-refractivity contribution is 7.99. The third kappa shape index (κ3) is 6.69. The summed E-state index contributed by atoms with van der Waals surface area (Å²) in [7, 11) is 1.56. The van der Waals surface area contributed by atoms with Gasteiger partial charge in [-0.15, -0.1) is 0 Å². The Morgan fingerprint density at radius 1 is 1.31 bits per heavy atom. The van der Waals surface area contributed by atoms with E-state index in [1.807, 2.05) is 0 Å². The molecule has 2 aliphatic rings. The van der Waals surface area contributed by atoms with Gasteiger partial charge in [-0.25, -0.2) is 4.39 Å². The molecule has 2 N–H and O–H groups in total. The number of likely N-dealkylation sites (tertiary alicyclic amines) is 1. The van der Waals surface area contributed by atoms with Gasteiger partial charge >= 0.3 is 5.97 Å². The van der Waals surface area contributed by atoms with E-state index in [4.69, 9.17) is 4.74 Å². The van der Waals surface area contributed by atoms with Crippen molar-refractivity contribution in [3.8, 4) is 5.75 Å². The van der Waals surface area contributed by atoms with Gasteiger partial charge in [0.25, 0.3) is 0 Å². The molecule has 0 spiro atoms. The van der Waals surface area contributed by atoms with Crippen LogP contribution in [0.2, 0.25) is 0 Å². The number of methoxy groups -OCH3 is 1. The molecule has 8 heteroatoms. The largest absolute Gasteiger partial charge is 0.497 e. The Morgan fingerprint density at radius 3 is 2.72 bits per heavy atom. The van der Waals surface area contributed by atoms with Gasteiger partial charge in [0, 0.05) is 40.3 Å². The first kappa shape index (κ1) is 27.1. The number of nitrogens with zero attached hydrogens (tertiary/aromatic N) is 2. The van der Waals surface area contributed by atoms with Crippen LogP contribution in [0.5, 0.6) is 5.75 Å². The zero-order valence-electron chi connectivity index (χ0n) is 21.3. The Balaban J connectivity index is 1.41. The molecule has 0 amide bonds. The van der Waals surface area contributed by atoms with Gasteiger partial charge in [-0.1, -0.05) is 12.8 Å². The van der Waals surface area contributed by atoms with Crippen LogP contribution in [0, 0.1) is 5.41 Å². The highest BCUT2D eigenvalue weighted by Crippen LogP contribution is 2.43. The second-order valence-corrected chi connectivity index (χ2v) is 11.8. The molecular formula is C28H39FN2O4S. The Morgan fingerprint density at radius 2 is 2.06 bits per heavy atom. The summed E-state index contributed by atoms with van der Waals surface area (Å²) in [5, 5.41) is 21.0. The number of aromatic nitrogens is 1. The molecule has 36 heavy (non-hydrogen) atoms. The van der Waals surface area contributed by atoms with E-state index in [-0.39, 0.29) is 19.4 Å². The fraction of sp³-hybridized carbons (Fsp3) is 0.643. The van der Waals surface area contributed by atoms with Gasteiger partial charge in [-0.2, -0.15) is 11.8 Å². The van der Waals surface area contributed by atoms with E-state index in [1.165, 1.54) is 31.9 Å². The predicted octanol–water partition coefficient (Wildman–Crippen LogP) is 5.76. The number of carboxylic acid groups (broad SMARTS) is 1. The number of aliphatic carboxylic acids is 1. The lowest BCUT2D eigenvalue weighted by atomic mass is 9.71. The van der Waals surface area contributed by atoms with Crippen molar-refractivity contribution < 1.29 is 24.1 Å². The molecule has 0 radical (unpaired) electrons. The minimum atomic E-state index is -1.32. The Bertz CT molecular complexity index is 1020. The van der Waals surface area contributed by atoms with Crippen LogP contribution in [-0.2, 0) is 11.4 Å². The second-order valence-electron chi connectivity index (χ2n) is 10.4. The van der Waals surface area contributed by atoms with Crippen molar-refractivity contribution in [2.24, 2.45) is 5.41 Å². The molecule has 0 bridgehead atoms. The number of pyridine rings is 1. The summed E-state index contributed by atoms with van der Waals surface area (Å²) in [4.78, 5) is 18.6. The molecule has 1 unspecified atom stereocenters. The fourth-order valence-corrected chi connectivity index (χ4v) is 7.29. The maximum atomic E-state index is 15.9. The molecule has 1 aliphatic heterocycles. The van der Waals surface area contributed by atoms with Crippen LogP contribution in [0.4, 0.5) is 4.39 Å². The third-order valence-electron chi connectivity index (χ3n) is 8.12. The normalized spacial score (nSPS) is 19.5. The minimum Gasteiger partial charge on any atom is -0.497 e. The molecule has 1 saturated carbocycles. The quantitative estimate of drug-likeness (QED) is 0.370. The van der Waals surface area contributed by atoms with Crippen LogP contribution in [0.1, 0.15) is 75.1 Å². The minimum absolute atomic E-state index is 0.0716. The molecule has 1 aliphatic carbocycles. The number of thioether (sulfide) groups is 1. The Hall–Kier alpha value is -1.90. The van der Waals surface area contributed by atoms with Crippen molar-refractivity contribution in [2.45, 2.75) is 75.8 Å². The lowest BCUT2D eigenvalue weighted by Gasteiger charge is -2.41. The predicted molar refractivity (Wildman–Crippen MR) is 142 cm³/mol. The third-order valence-corrected chi connectivity index (χ3v) is 9.48.